The van der Waals surface area contributed by atoms with Crippen molar-refractivity contribution in [2.45, 2.75) is 20.0 Å². The summed E-state index contributed by atoms with van der Waals surface area (Å²) in [5, 5.41) is 13.0. The summed E-state index contributed by atoms with van der Waals surface area (Å²) < 4.78 is 1.15. The van der Waals surface area contributed by atoms with Crippen molar-refractivity contribution in [1.29, 1.82) is 0 Å². The normalized spacial score (nSPS) is 11.1. The molecule has 0 spiro atoms. The zero-order valence-electron chi connectivity index (χ0n) is 7.88. The van der Waals surface area contributed by atoms with Crippen molar-refractivity contribution >= 4 is 33.0 Å². The van der Waals surface area contributed by atoms with Crippen molar-refractivity contribution in [3.63, 3.8) is 0 Å². The molecule has 0 aliphatic carbocycles. The van der Waals surface area contributed by atoms with Crippen molar-refractivity contribution in [2.75, 3.05) is 0 Å². The van der Waals surface area contributed by atoms with E-state index in [2.05, 4.69) is 13.0 Å². The number of hydrogen-bond acceptors (Lipinski definition) is 2. The van der Waals surface area contributed by atoms with E-state index in [1.54, 1.807) is 11.3 Å². The Balaban J connectivity index is 2.71. The van der Waals surface area contributed by atoms with Crippen LogP contribution in [0.15, 0.2) is 17.5 Å². The number of rotatable bonds is 2. The first-order valence-electron chi connectivity index (χ1n) is 4.55. The van der Waals surface area contributed by atoms with Gasteiger partial charge < -0.3 is 5.11 Å². The third-order valence-electron chi connectivity index (χ3n) is 2.40. The van der Waals surface area contributed by atoms with Crippen LogP contribution in [0.2, 0.25) is 5.02 Å². The molecule has 0 aliphatic heterocycles. The number of thiophene rings is 1. The summed E-state index contributed by atoms with van der Waals surface area (Å²) in [6.45, 7) is 2.19. The molecule has 1 nitrogen and oxygen atoms in total. The fourth-order valence-corrected chi connectivity index (χ4v) is 2.82. The summed E-state index contributed by atoms with van der Waals surface area (Å²) in [4.78, 5) is 0. The maximum absolute atomic E-state index is 9.19. The molecule has 1 heterocycles. The van der Waals surface area contributed by atoms with Crippen LogP contribution in [0, 0.1) is 0 Å². The molecule has 1 aromatic heterocycles. The van der Waals surface area contributed by atoms with E-state index in [0.717, 1.165) is 27.1 Å². The minimum atomic E-state index is 0.106. The van der Waals surface area contributed by atoms with Crippen molar-refractivity contribution in [3.8, 4) is 0 Å². The summed E-state index contributed by atoms with van der Waals surface area (Å²) in [5.74, 6) is 0. The van der Waals surface area contributed by atoms with Gasteiger partial charge in [0.2, 0.25) is 0 Å². The van der Waals surface area contributed by atoms with E-state index in [1.807, 2.05) is 11.4 Å². The van der Waals surface area contributed by atoms with E-state index in [-0.39, 0.29) is 6.61 Å². The fourth-order valence-electron chi connectivity index (χ4n) is 1.61. The average molecular weight is 227 g/mol. The lowest BCUT2D eigenvalue weighted by atomic mass is 10.0. The van der Waals surface area contributed by atoms with Crippen molar-refractivity contribution in [2.24, 2.45) is 0 Å². The Morgan fingerprint density at radius 3 is 2.79 bits per heavy atom. The van der Waals surface area contributed by atoms with Gasteiger partial charge in [-0.15, -0.1) is 11.3 Å². The average Bonchev–Trinajstić information content (AvgIpc) is 2.58. The Morgan fingerprint density at radius 2 is 2.14 bits per heavy atom. The molecule has 3 heteroatoms. The van der Waals surface area contributed by atoms with E-state index in [1.165, 1.54) is 5.56 Å². The van der Waals surface area contributed by atoms with Gasteiger partial charge in [-0.1, -0.05) is 18.5 Å². The van der Waals surface area contributed by atoms with Gasteiger partial charge in [0.1, 0.15) is 0 Å². The molecule has 2 rings (SSSR count). The van der Waals surface area contributed by atoms with Crippen molar-refractivity contribution in [3.05, 3.63) is 33.7 Å². The van der Waals surface area contributed by atoms with Crippen molar-refractivity contribution in [1.82, 2.24) is 0 Å². The zero-order chi connectivity index (χ0) is 10.1. The van der Waals surface area contributed by atoms with Crippen LogP contribution < -0.4 is 0 Å². The minimum Gasteiger partial charge on any atom is -0.392 e. The SMILES string of the molecule is CCc1cc2c(Cl)csc2cc1CO. The monoisotopic (exact) mass is 226 g/mol. The number of benzene rings is 1. The van der Waals surface area contributed by atoms with Gasteiger partial charge in [0.15, 0.2) is 0 Å². The Kier molecular flexibility index (Phi) is 2.77. The second kappa shape index (κ2) is 3.89. The highest BCUT2D eigenvalue weighted by atomic mass is 35.5. The van der Waals surface area contributed by atoms with Gasteiger partial charge in [-0.25, -0.2) is 0 Å². The van der Waals surface area contributed by atoms with Gasteiger partial charge in [0.05, 0.1) is 11.6 Å². The highest BCUT2D eigenvalue weighted by Crippen LogP contribution is 2.32. The van der Waals surface area contributed by atoms with E-state index in [0.29, 0.717) is 0 Å². The minimum absolute atomic E-state index is 0.106. The number of aliphatic hydroxyl groups is 1. The summed E-state index contributed by atoms with van der Waals surface area (Å²) in [5.41, 5.74) is 2.19. The van der Waals surface area contributed by atoms with Crippen LogP contribution in [0.3, 0.4) is 0 Å². The Hall–Kier alpha value is -0.570. The maximum atomic E-state index is 9.19. The van der Waals surface area contributed by atoms with E-state index in [9.17, 15) is 5.11 Å². The van der Waals surface area contributed by atoms with Gasteiger partial charge in [0.25, 0.3) is 0 Å². The highest BCUT2D eigenvalue weighted by Gasteiger charge is 2.06. The Bertz CT molecular complexity index is 462. The molecule has 0 saturated heterocycles. The van der Waals surface area contributed by atoms with E-state index < -0.39 is 0 Å². The first-order chi connectivity index (χ1) is 6.76. The number of aliphatic hydroxyl groups excluding tert-OH is 1. The molecule has 0 bridgehead atoms. The molecule has 0 aliphatic rings. The fraction of sp³-hybridized carbons (Fsp3) is 0.273. The van der Waals surface area contributed by atoms with Crippen LogP contribution in [0.1, 0.15) is 18.1 Å². The molecular weight excluding hydrogens is 216 g/mol. The first kappa shape index (κ1) is 9.97. The van der Waals surface area contributed by atoms with Crippen LogP contribution in [0.25, 0.3) is 10.1 Å². The maximum Gasteiger partial charge on any atom is 0.0685 e. The quantitative estimate of drug-likeness (QED) is 0.830. The largest absolute Gasteiger partial charge is 0.392 e. The van der Waals surface area contributed by atoms with Gasteiger partial charge in [0, 0.05) is 15.5 Å². The summed E-state index contributed by atoms with van der Waals surface area (Å²) in [6.07, 6.45) is 0.929. The van der Waals surface area contributed by atoms with E-state index >= 15 is 0 Å². The lowest BCUT2D eigenvalue weighted by Gasteiger charge is -2.05. The zero-order valence-corrected chi connectivity index (χ0v) is 9.45. The molecule has 0 radical (unpaired) electrons. The predicted octanol–water partition coefficient (Wildman–Crippen LogP) is 3.61. The topological polar surface area (TPSA) is 20.2 Å². The third-order valence-corrected chi connectivity index (χ3v) is 3.79. The van der Waals surface area contributed by atoms with Crippen LogP contribution >= 0.6 is 22.9 Å². The van der Waals surface area contributed by atoms with Gasteiger partial charge in [-0.05, 0) is 29.7 Å². The van der Waals surface area contributed by atoms with Crippen molar-refractivity contribution < 1.29 is 5.11 Å². The van der Waals surface area contributed by atoms with E-state index in [4.69, 9.17) is 11.6 Å². The lowest BCUT2D eigenvalue weighted by molar-refractivity contribution is 0.281. The summed E-state index contributed by atoms with van der Waals surface area (Å²) >= 11 is 7.66. The second-order valence-corrected chi connectivity index (χ2v) is 4.53. The Morgan fingerprint density at radius 1 is 1.36 bits per heavy atom. The molecule has 0 amide bonds. The van der Waals surface area contributed by atoms with Gasteiger partial charge in [-0.2, -0.15) is 0 Å². The van der Waals surface area contributed by atoms with Crippen LogP contribution in [-0.2, 0) is 13.0 Å². The first-order valence-corrected chi connectivity index (χ1v) is 5.81. The molecule has 14 heavy (non-hydrogen) atoms. The predicted molar refractivity (Wildman–Crippen MR) is 62.1 cm³/mol. The van der Waals surface area contributed by atoms with Crippen LogP contribution in [0.5, 0.6) is 0 Å². The molecule has 0 saturated carbocycles. The summed E-state index contributed by atoms with van der Waals surface area (Å²) in [7, 11) is 0. The number of hydrogen-bond donors (Lipinski definition) is 1. The number of halogens is 1. The second-order valence-electron chi connectivity index (χ2n) is 3.21. The highest BCUT2D eigenvalue weighted by molar-refractivity contribution is 7.17. The molecule has 1 N–H and O–H groups in total. The number of aryl methyl sites for hydroxylation is 1. The molecule has 0 atom stereocenters. The molecule has 0 unspecified atom stereocenters. The standard InChI is InChI=1S/C11H11ClOS/c1-2-7-3-9-10(12)6-14-11(9)4-8(7)5-13/h3-4,6,13H,2,5H2,1H3. The third kappa shape index (κ3) is 1.54. The van der Waals surface area contributed by atoms with Gasteiger partial charge in [-0.3, -0.25) is 0 Å². The molecule has 1 aromatic carbocycles. The van der Waals surface area contributed by atoms with Crippen LogP contribution in [0.4, 0.5) is 0 Å². The molecule has 74 valence electrons. The smallest absolute Gasteiger partial charge is 0.0685 e. The molecule has 2 aromatic rings. The van der Waals surface area contributed by atoms with Crippen LogP contribution in [-0.4, -0.2) is 5.11 Å². The number of fused-ring (bicyclic) bond motifs is 1. The molecule has 0 fully saturated rings. The lowest BCUT2D eigenvalue weighted by Crippen LogP contribution is -1.91. The van der Waals surface area contributed by atoms with Gasteiger partial charge >= 0.3 is 0 Å². The summed E-state index contributed by atoms with van der Waals surface area (Å²) in [6, 6.07) is 4.12. The Labute approximate surface area is 91.9 Å². The molecular formula is C11H11ClOS.